The number of ether oxygens (including phenoxy) is 1. The molecule has 0 amide bonds. The molecule has 2 nitrogen and oxygen atoms in total. The number of anilines is 1. The van der Waals surface area contributed by atoms with Crippen molar-refractivity contribution in [3.63, 3.8) is 0 Å². The first-order valence-electron chi connectivity index (χ1n) is 8.49. The zero-order valence-electron chi connectivity index (χ0n) is 13.5. The maximum absolute atomic E-state index is 5.54. The van der Waals surface area contributed by atoms with Gasteiger partial charge in [0.05, 0.1) is 12.8 Å². The Morgan fingerprint density at radius 1 is 1.00 bits per heavy atom. The van der Waals surface area contributed by atoms with Crippen molar-refractivity contribution in [1.82, 2.24) is 0 Å². The van der Waals surface area contributed by atoms with Crippen LogP contribution in [0, 0.1) is 17.8 Å². The van der Waals surface area contributed by atoms with Crippen molar-refractivity contribution in [3.05, 3.63) is 60.7 Å². The largest absolute Gasteiger partial charge is 0.495 e. The van der Waals surface area contributed by atoms with E-state index in [9.17, 15) is 0 Å². The molecule has 0 spiro atoms. The molecule has 0 aliphatic heterocycles. The van der Waals surface area contributed by atoms with Crippen LogP contribution in [0.2, 0.25) is 0 Å². The van der Waals surface area contributed by atoms with Crippen molar-refractivity contribution >= 4 is 5.69 Å². The molecule has 0 saturated heterocycles. The minimum Gasteiger partial charge on any atom is -0.495 e. The molecule has 2 aromatic carbocycles. The molecule has 2 aliphatic rings. The normalized spacial score (nSPS) is 24.8. The van der Waals surface area contributed by atoms with E-state index in [1.165, 1.54) is 24.0 Å². The van der Waals surface area contributed by atoms with Crippen molar-refractivity contribution in [2.45, 2.75) is 12.8 Å². The van der Waals surface area contributed by atoms with Gasteiger partial charge in [0.15, 0.2) is 0 Å². The summed E-state index contributed by atoms with van der Waals surface area (Å²) in [5, 5.41) is 3.64. The van der Waals surface area contributed by atoms with E-state index in [0.29, 0.717) is 0 Å². The molecular formula is C21H23NO. The number of methoxy groups -OCH3 is 1. The van der Waals surface area contributed by atoms with Crippen molar-refractivity contribution in [2.24, 2.45) is 17.8 Å². The van der Waals surface area contributed by atoms with Crippen molar-refractivity contribution < 1.29 is 4.74 Å². The number of rotatable bonds is 5. The van der Waals surface area contributed by atoms with E-state index in [-0.39, 0.29) is 0 Å². The lowest BCUT2D eigenvalue weighted by atomic mass is 9.93. The van der Waals surface area contributed by atoms with E-state index in [1.54, 1.807) is 7.11 Å². The molecule has 2 aromatic rings. The molecule has 3 atom stereocenters. The van der Waals surface area contributed by atoms with E-state index >= 15 is 0 Å². The van der Waals surface area contributed by atoms with Crippen molar-refractivity contribution in [1.29, 1.82) is 0 Å². The number of allylic oxidation sites excluding steroid dienone is 2. The minimum absolute atomic E-state index is 0.759. The third kappa shape index (κ3) is 2.86. The summed E-state index contributed by atoms with van der Waals surface area (Å²) in [4.78, 5) is 0. The number of hydrogen-bond donors (Lipinski definition) is 1. The van der Waals surface area contributed by atoms with Gasteiger partial charge in [0.25, 0.3) is 0 Å². The van der Waals surface area contributed by atoms with E-state index in [1.807, 2.05) is 0 Å². The summed E-state index contributed by atoms with van der Waals surface area (Å²) in [5.74, 6) is 3.28. The van der Waals surface area contributed by atoms with Gasteiger partial charge >= 0.3 is 0 Å². The lowest BCUT2D eigenvalue weighted by molar-refractivity contribution is 0.415. The van der Waals surface area contributed by atoms with Crippen LogP contribution in [0.25, 0.3) is 11.1 Å². The SMILES string of the molecule is COc1ccc(-c2ccccc2)cc1NC[C@H]1C[C@@H]2C=C[C@H]1C2. The first kappa shape index (κ1) is 14.4. The van der Waals surface area contributed by atoms with Gasteiger partial charge in [0.2, 0.25) is 0 Å². The third-order valence-corrected chi connectivity index (χ3v) is 5.28. The van der Waals surface area contributed by atoms with Gasteiger partial charge in [0.1, 0.15) is 5.75 Å². The molecule has 2 bridgehead atoms. The highest BCUT2D eigenvalue weighted by atomic mass is 16.5. The van der Waals surface area contributed by atoms with Crippen LogP contribution in [0.4, 0.5) is 5.69 Å². The van der Waals surface area contributed by atoms with Crippen LogP contribution < -0.4 is 10.1 Å². The lowest BCUT2D eigenvalue weighted by Crippen LogP contribution is -2.18. The van der Waals surface area contributed by atoms with Gasteiger partial charge in [0, 0.05) is 6.54 Å². The average molecular weight is 305 g/mol. The van der Waals surface area contributed by atoms with E-state index < -0.39 is 0 Å². The van der Waals surface area contributed by atoms with E-state index in [4.69, 9.17) is 4.74 Å². The fourth-order valence-corrected chi connectivity index (χ4v) is 4.03. The van der Waals surface area contributed by atoms with Crippen LogP contribution in [0.5, 0.6) is 5.75 Å². The number of nitrogens with one attached hydrogen (secondary N) is 1. The second-order valence-electron chi connectivity index (χ2n) is 6.70. The molecule has 2 aliphatic carbocycles. The fourth-order valence-electron chi connectivity index (χ4n) is 4.03. The molecular weight excluding hydrogens is 282 g/mol. The number of fused-ring (bicyclic) bond motifs is 2. The topological polar surface area (TPSA) is 21.3 Å². The molecule has 1 N–H and O–H groups in total. The first-order chi connectivity index (χ1) is 11.3. The maximum atomic E-state index is 5.54. The fraction of sp³-hybridized carbons (Fsp3) is 0.333. The van der Waals surface area contributed by atoms with E-state index in [0.717, 1.165) is 35.7 Å². The summed E-state index contributed by atoms with van der Waals surface area (Å²) in [6, 6.07) is 16.9. The van der Waals surface area contributed by atoms with Crippen LogP contribution in [0.1, 0.15) is 12.8 Å². The van der Waals surface area contributed by atoms with Crippen LogP contribution >= 0.6 is 0 Å². The third-order valence-electron chi connectivity index (χ3n) is 5.28. The van der Waals surface area contributed by atoms with Crippen LogP contribution in [0.15, 0.2) is 60.7 Å². The summed E-state index contributed by atoms with van der Waals surface area (Å²) < 4.78 is 5.54. The molecule has 0 heterocycles. The minimum atomic E-state index is 0.759. The quantitative estimate of drug-likeness (QED) is 0.786. The summed E-state index contributed by atoms with van der Waals surface area (Å²) >= 11 is 0. The second kappa shape index (κ2) is 6.11. The van der Waals surface area contributed by atoms with Gasteiger partial charge in [-0.25, -0.2) is 0 Å². The first-order valence-corrected chi connectivity index (χ1v) is 8.49. The molecule has 2 heteroatoms. The van der Waals surface area contributed by atoms with E-state index in [2.05, 4.69) is 66.0 Å². The second-order valence-corrected chi connectivity index (χ2v) is 6.70. The highest BCUT2D eigenvalue weighted by Gasteiger charge is 2.35. The van der Waals surface area contributed by atoms with Gasteiger partial charge < -0.3 is 10.1 Å². The lowest BCUT2D eigenvalue weighted by Gasteiger charge is -2.20. The Morgan fingerprint density at radius 2 is 1.87 bits per heavy atom. The molecule has 23 heavy (non-hydrogen) atoms. The number of benzene rings is 2. The Balaban J connectivity index is 1.53. The molecule has 1 saturated carbocycles. The summed E-state index contributed by atoms with van der Waals surface area (Å²) in [5.41, 5.74) is 3.56. The van der Waals surface area contributed by atoms with Gasteiger partial charge in [-0.05, 0) is 53.9 Å². The zero-order valence-corrected chi connectivity index (χ0v) is 13.5. The molecule has 0 unspecified atom stereocenters. The monoisotopic (exact) mass is 305 g/mol. The van der Waals surface area contributed by atoms with Gasteiger partial charge in [-0.2, -0.15) is 0 Å². The van der Waals surface area contributed by atoms with Crippen LogP contribution in [-0.4, -0.2) is 13.7 Å². The Bertz CT molecular complexity index is 707. The molecule has 0 radical (unpaired) electrons. The molecule has 0 aromatic heterocycles. The molecule has 118 valence electrons. The van der Waals surface area contributed by atoms with Gasteiger partial charge in [-0.3, -0.25) is 0 Å². The van der Waals surface area contributed by atoms with Crippen molar-refractivity contribution in [2.75, 3.05) is 19.0 Å². The van der Waals surface area contributed by atoms with Gasteiger partial charge in [-0.1, -0.05) is 48.6 Å². The Hall–Kier alpha value is -2.22. The van der Waals surface area contributed by atoms with Crippen LogP contribution in [-0.2, 0) is 0 Å². The summed E-state index contributed by atoms with van der Waals surface area (Å²) in [7, 11) is 1.74. The standard InChI is InChI=1S/C21H23NO/c1-23-21-10-9-18(16-5-3-2-4-6-16)13-20(21)22-14-19-12-15-7-8-17(19)11-15/h2-10,13,15,17,19,22H,11-12,14H2,1H3/t15-,17+,19-/m1/s1. The Morgan fingerprint density at radius 3 is 2.57 bits per heavy atom. The zero-order chi connectivity index (χ0) is 15.6. The highest BCUT2D eigenvalue weighted by molar-refractivity contribution is 5.72. The Labute approximate surface area is 138 Å². The molecule has 4 rings (SSSR count). The highest BCUT2D eigenvalue weighted by Crippen LogP contribution is 2.43. The smallest absolute Gasteiger partial charge is 0.141 e. The van der Waals surface area contributed by atoms with Crippen LogP contribution in [0.3, 0.4) is 0 Å². The maximum Gasteiger partial charge on any atom is 0.141 e. The van der Waals surface area contributed by atoms with Crippen molar-refractivity contribution in [3.8, 4) is 16.9 Å². The average Bonchev–Trinajstić information content (AvgIpc) is 3.23. The van der Waals surface area contributed by atoms with Gasteiger partial charge in [-0.15, -0.1) is 0 Å². The predicted octanol–water partition coefficient (Wildman–Crippen LogP) is 4.99. The summed E-state index contributed by atoms with van der Waals surface area (Å²) in [6.07, 6.45) is 7.50. The predicted molar refractivity (Wildman–Crippen MR) is 95.8 cm³/mol. The number of hydrogen-bond acceptors (Lipinski definition) is 2. The molecule has 1 fully saturated rings. The Kier molecular flexibility index (Phi) is 3.82. The summed E-state index contributed by atoms with van der Waals surface area (Å²) in [6.45, 7) is 1.03.